The van der Waals surface area contributed by atoms with E-state index in [1.165, 1.54) is 5.56 Å². The maximum Gasteiger partial charge on any atom is 0.123 e. The molecule has 2 rings (SSSR count). The van der Waals surface area contributed by atoms with Crippen LogP contribution in [0.25, 0.3) is 0 Å². The van der Waals surface area contributed by atoms with Crippen LogP contribution in [0.1, 0.15) is 31.4 Å². The van der Waals surface area contributed by atoms with E-state index in [-0.39, 0.29) is 5.82 Å². The van der Waals surface area contributed by atoms with Crippen molar-refractivity contribution in [3.8, 4) is 0 Å². The highest BCUT2D eigenvalue weighted by Gasteiger charge is 2.21. The number of hydrogen-bond acceptors (Lipinski definition) is 2. The Kier molecular flexibility index (Phi) is 4.51. The number of nitrogens with zero attached hydrogens (tertiary/aromatic N) is 1. The Hall–Kier alpha value is -0.930. The van der Waals surface area contributed by atoms with Gasteiger partial charge in [-0.2, -0.15) is 0 Å². The van der Waals surface area contributed by atoms with Gasteiger partial charge in [0.15, 0.2) is 0 Å². The monoisotopic (exact) mass is 236 g/mol. The number of halogens is 1. The van der Waals surface area contributed by atoms with E-state index in [1.807, 2.05) is 12.1 Å². The first kappa shape index (κ1) is 12.5. The Balaban J connectivity index is 2.12. The average molecular weight is 236 g/mol. The molecule has 0 unspecified atom stereocenters. The number of benzene rings is 1. The molecule has 1 aromatic rings. The van der Waals surface area contributed by atoms with Gasteiger partial charge >= 0.3 is 0 Å². The molecule has 94 valence electrons. The molecule has 0 saturated carbocycles. The van der Waals surface area contributed by atoms with Crippen LogP contribution in [0.15, 0.2) is 24.3 Å². The van der Waals surface area contributed by atoms with Crippen LogP contribution < -0.4 is 5.32 Å². The third kappa shape index (κ3) is 3.27. The second-order valence-corrected chi connectivity index (χ2v) is 4.64. The van der Waals surface area contributed by atoms with Crippen LogP contribution in [0.2, 0.25) is 0 Å². The van der Waals surface area contributed by atoms with Crippen molar-refractivity contribution in [2.45, 2.75) is 25.8 Å². The van der Waals surface area contributed by atoms with Crippen molar-refractivity contribution in [2.75, 3.05) is 26.2 Å². The van der Waals surface area contributed by atoms with E-state index in [9.17, 15) is 4.39 Å². The van der Waals surface area contributed by atoms with Gasteiger partial charge in [-0.05, 0) is 24.1 Å². The molecule has 2 nitrogen and oxygen atoms in total. The van der Waals surface area contributed by atoms with Crippen LogP contribution >= 0.6 is 0 Å². The van der Waals surface area contributed by atoms with Gasteiger partial charge in [0.1, 0.15) is 5.82 Å². The predicted molar refractivity (Wildman–Crippen MR) is 68.5 cm³/mol. The van der Waals surface area contributed by atoms with E-state index < -0.39 is 0 Å². The van der Waals surface area contributed by atoms with E-state index in [2.05, 4.69) is 17.1 Å². The summed E-state index contributed by atoms with van der Waals surface area (Å²) in [5, 5.41) is 3.37. The second kappa shape index (κ2) is 6.12. The predicted octanol–water partition coefficient (Wildman–Crippen LogP) is 2.57. The normalized spacial score (nSPS) is 19.2. The van der Waals surface area contributed by atoms with E-state index >= 15 is 0 Å². The summed E-state index contributed by atoms with van der Waals surface area (Å²) < 4.78 is 13.0. The molecule has 1 heterocycles. The molecule has 0 spiro atoms. The summed E-state index contributed by atoms with van der Waals surface area (Å²) in [7, 11) is 0. The molecule has 0 aromatic heterocycles. The van der Waals surface area contributed by atoms with Crippen LogP contribution in [0.4, 0.5) is 4.39 Å². The molecule has 17 heavy (non-hydrogen) atoms. The van der Waals surface area contributed by atoms with Crippen molar-refractivity contribution in [1.29, 1.82) is 0 Å². The lowest BCUT2D eigenvalue weighted by atomic mass is 10.00. The minimum absolute atomic E-state index is 0.149. The maximum absolute atomic E-state index is 13.0. The van der Waals surface area contributed by atoms with Crippen LogP contribution in [-0.4, -0.2) is 31.1 Å². The summed E-state index contributed by atoms with van der Waals surface area (Å²) >= 11 is 0. The standard InChI is InChI=1S/C14H21FN2/c1-2-3-14(17-10-8-16-9-11-17)12-4-6-13(15)7-5-12/h4-7,14,16H,2-3,8-11H2,1H3/t14-/m1/s1. The van der Waals surface area contributed by atoms with Crippen molar-refractivity contribution >= 4 is 0 Å². The molecule has 0 amide bonds. The Morgan fingerprint density at radius 2 is 1.88 bits per heavy atom. The zero-order valence-corrected chi connectivity index (χ0v) is 10.5. The molecule has 1 aromatic carbocycles. The third-order valence-corrected chi connectivity index (χ3v) is 3.41. The number of nitrogens with one attached hydrogen (secondary N) is 1. The molecule has 0 aliphatic carbocycles. The van der Waals surface area contributed by atoms with Crippen molar-refractivity contribution in [2.24, 2.45) is 0 Å². The van der Waals surface area contributed by atoms with Crippen molar-refractivity contribution in [3.63, 3.8) is 0 Å². The summed E-state index contributed by atoms with van der Waals surface area (Å²) in [4.78, 5) is 2.51. The van der Waals surface area contributed by atoms with Crippen LogP contribution in [0.3, 0.4) is 0 Å². The van der Waals surface area contributed by atoms with Crippen LogP contribution in [-0.2, 0) is 0 Å². The molecular weight excluding hydrogens is 215 g/mol. The second-order valence-electron chi connectivity index (χ2n) is 4.64. The quantitative estimate of drug-likeness (QED) is 0.864. The smallest absolute Gasteiger partial charge is 0.123 e. The summed E-state index contributed by atoms with van der Waals surface area (Å²) in [6.45, 7) is 6.49. The molecular formula is C14H21FN2. The van der Waals surface area contributed by atoms with Gasteiger partial charge in [0.05, 0.1) is 0 Å². The third-order valence-electron chi connectivity index (χ3n) is 3.41. The van der Waals surface area contributed by atoms with Gasteiger partial charge in [-0.3, -0.25) is 4.90 Å². The first-order chi connectivity index (χ1) is 8.31. The molecule has 0 radical (unpaired) electrons. The van der Waals surface area contributed by atoms with E-state index in [1.54, 1.807) is 12.1 Å². The van der Waals surface area contributed by atoms with E-state index in [0.717, 1.165) is 39.0 Å². The van der Waals surface area contributed by atoms with E-state index in [0.29, 0.717) is 6.04 Å². The van der Waals surface area contributed by atoms with Crippen LogP contribution in [0.5, 0.6) is 0 Å². The number of piperazine rings is 1. The van der Waals surface area contributed by atoms with Crippen molar-refractivity contribution < 1.29 is 4.39 Å². The molecule has 1 aliphatic heterocycles. The summed E-state index contributed by atoms with van der Waals surface area (Å²) in [5.74, 6) is -0.149. The fraction of sp³-hybridized carbons (Fsp3) is 0.571. The molecule has 0 bridgehead atoms. The molecule has 1 fully saturated rings. The van der Waals surface area contributed by atoms with Gasteiger partial charge in [0.25, 0.3) is 0 Å². The average Bonchev–Trinajstić information content (AvgIpc) is 2.38. The molecule has 1 atom stereocenters. The lowest BCUT2D eigenvalue weighted by Crippen LogP contribution is -2.45. The Labute approximate surface area is 103 Å². The Bertz CT molecular complexity index is 331. The summed E-state index contributed by atoms with van der Waals surface area (Å²) in [6, 6.07) is 7.44. The minimum Gasteiger partial charge on any atom is -0.314 e. The lowest BCUT2D eigenvalue weighted by Gasteiger charge is -2.35. The SMILES string of the molecule is CCC[C@H](c1ccc(F)cc1)N1CCNCC1. The fourth-order valence-corrected chi connectivity index (χ4v) is 2.51. The van der Waals surface area contributed by atoms with Gasteiger partial charge in [-0.15, -0.1) is 0 Å². The minimum atomic E-state index is -0.149. The first-order valence-electron chi connectivity index (χ1n) is 6.51. The van der Waals surface area contributed by atoms with Gasteiger partial charge in [-0.25, -0.2) is 4.39 Å². The fourth-order valence-electron chi connectivity index (χ4n) is 2.51. The largest absolute Gasteiger partial charge is 0.314 e. The van der Waals surface area contributed by atoms with Gasteiger partial charge in [0, 0.05) is 32.2 Å². The zero-order valence-electron chi connectivity index (χ0n) is 10.5. The Morgan fingerprint density at radius 3 is 2.47 bits per heavy atom. The number of rotatable bonds is 4. The van der Waals surface area contributed by atoms with Gasteiger partial charge < -0.3 is 5.32 Å². The molecule has 1 aliphatic rings. The first-order valence-corrected chi connectivity index (χ1v) is 6.51. The topological polar surface area (TPSA) is 15.3 Å². The lowest BCUT2D eigenvalue weighted by molar-refractivity contribution is 0.164. The highest BCUT2D eigenvalue weighted by molar-refractivity contribution is 5.20. The molecule has 3 heteroatoms. The highest BCUT2D eigenvalue weighted by Crippen LogP contribution is 2.26. The van der Waals surface area contributed by atoms with Crippen molar-refractivity contribution in [1.82, 2.24) is 10.2 Å². The van der Waals surface area contributed by atoms with Gasteiger partial charge in [0.2, 0.25) is 0 Å². The summed E-state index contributed by atoms with van der Waals surface area (Å²) in [6.07, 6.45) is 2.30. The summed E-state index contributed by atoms with van der Waals surface area (Å²) in [5.41, 5.74) is 1.25. The van der Waals surface area contributed by atoms with Crippen LogP contribution in [0, 0.1) is 5.82 Å². The van der Waals surface area contributed by atoms with E-state index in [4.69, 9.17) is 0 Å². The Morgan fingerprint density at radius 1 is 1.24 bits per heavy atom. The van der Waals surface area contributed by atoms with Crippen molar-refractivity contribution in [3.05, 3.63) is 35.6 Å². The maximum atomic E-state index is 13.0. The van der Waals surface area contributed by atoms with Gasteiger partial charge in [-0.1, -0.05) is 25.5 Å². The number of hydrogen-bond donors (Lipinski definition) is 1. The highest BCUT2D eigenvalue weighted by atomic mass is 19.1. The zero-order chi connectivity index (χ0) is 12.1. The molecule has 1 N–H and O–H groups in total. The molecule has 1 saturated heterocycles.